The number of ether oxygens (including phenoxy) is 1. The van der Waals surface area contributed by atoms with Gasteiger partial charge in [-0.1, -0.05) is 0 Å². The third-order valence-corrected chi connectivity index (χ3v) is 4.97. The first kappa shape index (κ1) is 20.4. The third-order valence-electron chi connectivity index (χ3n) is 4.97. The van der Waals surface area contributed by atoms with Crippen molar-refractivity contribution in [2.75, 3.05) is 13.7 Å². The van der Waals surface area contributed by atoms with Gasteiger partial charge in [-0.05, 0) is 32.9 Å². The quantitative estimate of drug-likeness (QED) is 0.344. The second-order valence-corrected chi connectivity index (χ2v) is 7.02. The highest BCUT2D eigenvalue weighted by Crippen LogP contribution is 2.22. The Hall–Kier alpha value is -3.33. The third kappa shape index (κ3) is 3.81. The number of nitrogens with zero attached hydrogens (tertiary/aromatic N) is 4. The number of hydrogen-bond acceptors (Lipinski definition) is 6. The maximum Gasteiger partial charge on any atom is 0.271 e. The lowest BCUT2D eigenvalue weighted by Gasteiger charge is -2.17. The highest BCUT2D eigenvalue weighted by Gasteiger charge is 2.20. The van der Waals surface area contributed by atoms with Crippen LogP contribution in [-0.4, -0.2) is 38.5 Å². The Morgan fingerprint density at radius 2 is 2.03 bits per heavy atom. The van der Waals surface area contributed by atoms with E-state index in [4.69, 9.17) is 4.74 Å². The van der Waals surface area contributed by atoms with E-state index >= 15 is 0 Å². The predicted molar refractivity (Wildman–Crippen MR) is 107 cm³/mol. The van der Waals surface area contributed by atoms with Crippen molar-refractivity contribution < 1.29 is 14.5 Å². The predicted octanol–water partition coefficient (Wildman–Crippen LogP) is 2.81. The molecule has 1 aromatic carbocycles. The van der Waals surface area contributed by atoms with Crippen molar-refractivity contribution in [1.82, 2.24) is 14.1 Å². The van der Waals surface area contributed by atoms with Crippen LogP contribution >= 0.6 is 0 Å². The number of Topliss-reactive ketones (excluding diaryl/α,β-unsaturated/α-hetero) is 1. The van der Waals surface area contributed by atoms with Crippen LogP contribution in [0.5, 0.6) is 0 Å². The largest absolute Gasteiger partial charge is 0.383 e. The SMILES string of the molecule is COC[C@H](C)n1c(C)cc(C(=O)Cn2cnc3cc([N+](=O)[O-])ccc3c2=O)c1C. The number of carbonyl (C=O) groups excluding carboxylic acids is 1. The lowest BCUT2D eigenvalue weighted by atomic mass is 10.1. The van der Waals surface area contributed by atoms with Gasteiger partial charge in [0.1, 0.15) is 0 Å². The Morgan fingerprint density at radius 1 is 1.31 bits per heavy atom. The van der Waals surface area contributed by atoms with Crippen LogP contribution in [0.4, 0.5) is 5.69 Å². The van der Waals surface area contributed by atoms with Crippen LogP contribution in [0.15, 0.2) is 35.4 Å². The van der Waals surface area contributed by atoms with Crippen LogP contribution in [0.1, 0.15) is 34.7 Å². The first-order valence-corrected chi connectivity index (χ1v) is 9.08. The zero-order chi connectivity index (χ0) is 21.3. The van der Waals surface area contributed by atoms with Crippen LogP contribution in [0.2, 0.25) is 0 Å². The van der Waals surface area contributed by atoms with Crippen LogP contribution in [-0.2, 0) is 11.3 Å². The molecule has 152 valence electrons. The molecule has 2 heterocycles. The lowest BCUT2D eigenvalue weighted by molar-refractivity contribution is -0.384. The smallest absolute Gasteiger partial charge is 0.271 e. The lowest BCUT2D eigenvalue weighted by Crippen LogP contribution is -2.25. The average Bonchev–Trinajstić information content (AvgIpc) is 2.98. The van der Waals surface area contributed by atoms with E-state index in [0.29, 0.717) is 12.2 Å². The molecular formula is C20H22N4O5. The normalized spacial score (nSPS) is 12.3. The fourth-order valence-electron chi connectivity index (χ4n) is 3.67. The van der Waals surface area contributed by atoms with Gasteiger partial charge >= 0.3 is 0 Å². The summed E-state index contributed by atoms with van der Waals surface area (Å²) >= 11 is 0. The number of aryl methyl sites for hydroxylation is 1. The molecule has 0 amide bonds. The van der Waals surface area contributed by atoms with Gasteiger partial charge in [-0.2, -0.15) is 0 Å². The molecule has 0 N–H and O–H groups in total. The molecule has 0 fully saturated rings. The Morgan fingerprint density at radius 3 is 2.69 bits per heavy atom. The summed E-state index contributed by atoms with van der Waals surface area (Å²) in [6, 6.07) is 5.74. The number of nitro benzene ring substituents is 1. The molecule has 0 aliphatic heterocycles. The average molecular weight is 398 g/mol. The topological polar surface area (TPSA) is 109 Å². The molecule has 3 rings (SSSR count). The van der Waals surface area contributed by atoms with E-state index in [1.807, 2.05) is 31.4 Å². The number of benzene rings is 1. The number of ketones is 1. The Kier molecular flexibility index (Phi) is 5.60. The second kappa shape index (κ2) is 7.96. The molecule has 0 saturated carbocycles. The zero-order valence-corrected chi connectivity index (χ0v) is 16.7. The molecular weight excluding hydrogens is 376 g/mol. The first-order valence-electron chi connectivity index (χ1n) is 9.08. The summed E-state index contributed by atoms with van der Waals surface area (Å²) in [6.07, 6.45) is 1.25. The van der Waals surface area contributed by atoms with Gasteiger partial charge in [0.15, 0.2) is 5.78 Å². The van der Waals surface area contributed by atoms with Crippen molar-refractivity contribution in [2.24, 2.45) is 0 Å². The van der Waals surface area contributed by atoms with Gasteiger partial charge in [0, 0.05) is 36.2 Å². The Bertz CT molecular complexity index is 1160. The molecule has 0 radical (unpaired) electrons. The number of rotatable bonds is 7. The van der Waals surface area contributed by atoms with Crippen LogP contribution in [0, 0.1) is 24.0 Å². The van der Waals surface area contributed by atoms with Gasteiger partial charge in [0.05, 0.1) is 41.3 Å². The van der Waals surface area contributed by atoms with Gasteiger partial charge in [0.25, 0.3) is 11.2 Å². The molecule has 9 nitrogen and oxygen atoms in total. The minimum Gasteiger partial charge on any atom is -0.383 e. The molecule has 3 aromatic rings. The van der Waals surface area contributed by atoms with Crippen LogP contribution in [0.3, 0.4) is 0 Å². The van der Waals surface area contributed by atoms with E-state index in [-0.39, 0.29) is 35.0 Å². The molecule has 2 aromatic heterocycles. The van der Waals surface area contributed by atoms with E-state index in [1.54, 1.807) is 7.11 Å². The van der Waals surface area contributed by atoms with Gasteiger partial charge in [-0.3, -0.25) is 24.3 Å². The van der Waals surface area contributed by atoms with Crippen molar-refractivity contribution in [1.29, 1.82) is 0 Å². The number of non-ortho nitro benzene ring substituents is 1. The zero-order valence-electron chi connectivity index (χ0n) is 16.7. The van der Waals surface area contributed by atoms with E-state index in [9.17, 15) is 19.7 Å². The summed E-state index contributed by atoms with van der Waals surface area (Å²) in [5.74, 6) is -0.209. The molecule has 0 saturated heterocycles. The standard InChI is InChI=1S/C20H22N4O5/c1-12-7-17(14(3)23(12)13(2)10-29-4)19(25)9-22-11-21-18-8-15(24(27)28)5-6-16(18)20(22)26/h5-8,11,13H,9-10H2,1-4H3/t13-/m0/s1. The van der Waals surface area contributed by atoms with Crippen molar-refractivity contribution in [3.8, 4) is 0 Å². The van der Waals surface area contributed by atoms with Gasteiger partial charge in [-0.25, -0.2) is 4.98 Å². The van der Waals surface area contributed by atoms with Crippen molar-refractivity contribution in [2.45, 2.75) is 33.4 Å². The monoisotopic (exact) mass is 398 g/mol. The number of hydrogen-bond donors (Lipinski definition) is 0. The molecule has 0 aliphatic rings. The molecule has 9 heteroatoms. The number of carbonyl (C=O) groups is 1. The summed E-state index contributed by atoms with van der Waals surface area (Å²) in [4.78, 5) is 40.1. The molecule has 0 unspecified atom stereocenters. The van der Waals surface area contributed by atoms with Gasteiger partial charge < -0.3 is 9.30 Å². The number of methoxy groups -OCH3 is 1. The van der Waals surface area contributed by atoms with E-state index in [1.165, 1.54) is 29.1 Å². The fourth-order valence-corrected chi connectivity index (χ4v) is 3.67. The summed E-state index contributed by atoms with van der Waals surface area (Å²) in [5, 5.41) is 11.1. The van der Waals surface area contributed by atoms with Gasteiger partial charge in [0.2, 0.25) is 0 Å². The van der Waals surface area contributed by atoms with Crippen LogP contribution in [0.25, 0.3) is 10.9 Å². The summed E-state index contributed by atoms with van der Waals surface area (Å²) in [6.45, 7) is 6.15. The molecule has 0 spiro atoms. The summed E-state index contributed by atoms with van der Waals surface area (Å²) in [5.41, 5.74) is 1.96. The number of fused-ring (bicyclic) bond motifs is 1. The maximum absolute atomic E-state index is 12.9. The van der Waals surface area contributed by atoms with Crippen LogP contribution < -0.4 is 5.56 Å². The second-order valence-electron chi connectivity index (χ2n) is 7.02. The van der Waals surface area contributed by atoms with Crippen molar-refractivity contribution in [3.63, 3.8) is 0 Å². The number of aromatic nitrogens is 3. The summed E-state index contributed by atoms with van der Waals surface area (Å²) in [7, 11) is 1.63. The Labute approximate surface area is 166 Å². The summed E-state index contributed by atoms with van der Waals surface area (Å²) < 4.78 is 8.47. The number of nitro groups is 1. The van der Waals surface area contributed by atoms with E-state index in [2.05, 4.69) is 4.98 Å². The molecule has 29 heavy (non-hydrogen) atoms. The molecule has 1 atom stereocenters. The fraction of sp³-hybridized carbons (Fsp3) is 0.350. The van der Waals surface area contributed by atoms with E-state index in [0.717, 1.165) is 11.4 Å². The van der Waals surface area contributed by atoms with E-state index < -0.39 is 10.5 Å². The molecule has 0 aliphatic carbocycles. The Balaban J connectivity index is 1.93. The highest BCUT2D eigenvalue weighted by molar-refractivity contribution is 5.97. The minimum atomic E-state index is -0.545. The molecule has 0 bridgehead atoms. The van der Waals surface area contributed by atoms with Gasteiger partial charge in [-0.15, -0.1) is 0 Å². The van der Waals surface area contributed by atoms with Crippen molar-refractivity contribution >= 4 is 22.4 Å². The highest BCUT2D eigenvalue weighted by atomic mass is 16.6. The van der Waals surface area contributed by atoms with Crippen molar-refractivity contribution in [3.05, 3.63) is 68.0 Å². The first-order chi connectivity index (χ1) is 13.7. The minimum absolute atomic E-state index is 0.0717. The maximum atomic E-state index is 12.9.